The van der Waals surface area contributed by atoms with Gasteiger partial charge in [-0.3, -0.25) is 9.78 Å². The van der Waals surface area contributed by atoms with Crippen molar-refractivity contribution in [2.75, 3.05) is 18.4 Å². The van der Waals surface area contributed by atoms with Gasteiger partial charge in [-0.25, -0.2) is 0 Å². The Kier molecular flexibility index (Phi) is 4.09. The molecule has 0 saturated carbocycles. The van der Waals surface area contributed by atoms with E-state index in [-0.39, 0.29) is 5.91 Å². The average molecular weight is 295 g/mol. The molecule has 1 amide bonds. The van der Waals surface area contributed by atoms with Gasteiger partial charge in [0, 0.05) is 25.0 Å². The number of hydrogen-bond acceptors (Lipinski definition) is 3. The molecule has 4 nitrogen and oxygen atoms in total. The summed E-state index contributed by atoms with van der Waals surface area (Å²) in [5, 5.41) is 3.37. The molecule has 0 bridgehead atoms. The van der Waals surface area contributed by atoms with Crippen LogP contribution in [0.3, 0.4) is 0 Å². The van der Waals surface area contributed by atoms with Crippen LogP contribution in [0.15, 0.2) is 36.7 Å². The van der Waals surface area contributed by atoms with E-state index >= 15 is 0 Å². The smallest absolute Gasteiger partial charge is 0.255 e. The SMILES string of the molecule is Cc1ccc(C)c(Nc2cncc(C(=O)N3CCCC3)c2)c1. The minimum absolute atomic E-state index is 0.0783. The van der Waals surface area contributed by atoms with Crippen LogP contribution in [0.4, 0.5) is 11.4 Å². The molecular weight excluding hydrogens is 274 g/mol. The zero-order valence-corrected chi connectivity index (χ0v) is 13.1. The van der Waals surface area contributed by atoms with Crippen molar-refractivity contribution >= 4 is 17.3 Å². The summed E-state index contributed by atoms with van der Waals surface area (Å²) in [6.07, 6.45) is 5.59. The average Bonchev–Trinajstić information content (AvgIpc) is 3.05. The second-order valence-electron chi connectivity index (χ2n) is 5.90. The van der Waals surface area contributed by atoms with E-state index in [2.05, 4.69) is 42.3 Å². The number of hydrogen-bond donors (Lipinski definition) is 1. The maximum atomic E-state index is 12.4. The van der Waals surface area contributed by atoms with E-state index in [9.17, 15) is 4.79 Å². The molecule has 2 aromatic rings. The third-order valence-corrected chi connectivity index (χ3v) is 4.05. The molecule has 1 aromatic heterocycles. The lowest BCUT2D eigenvalue weighted by atomic mass is 10.1. The first kappa shape index (κ1) is 14.6. The second kappa shape index (κ2) is 6.18. The van der Waals surface area contributed by atoms with Crippen molar-refractivity contribution in [1.82, 2.24) is 9.88 Å². The number of carbonyl (C=O) groups is 1. The molecule has 2 heterocycles. The standard InChI is InChI=1S/C18H21N3O/c1-13-5-6-14(2)17(9-13)20-16-10-15(11-19-12-16)18(22)21-7-3-4-8-21/h5-6,9-12,20H,3-4,7-8H2,1-2H3. The largest absolute Gasteiger partial charge is 0.354 e. The van der Waals surface area contributed by atoms with Crippen molar-refractivity contribution in [2.24, 2.45) is 0 Å². The van der Waals surface area contributed by atoms with Crippen LogP contribution >= 0.6 is 0 Å². The van der Waals surface area contributed by atoms with Gasteiger partial charge >= 0.3 is 0 Å². The highest BCUT2D eigenvalue weighted by molar-refractivity contribution is 5.95. The van der Waals surface area contributed by atoms with E-state index in [0.717, 1.165) is 37.3 Å². The van der Waals surface area contributed by atoms with Crippen LogP contribution in [0.2, 0.25) is 0 Å². The van der Waals surface area contributed by atoms with Crippen LogP contribution in [0.5, 0.6) is 0 Å². The van der Waals surface area contributed by atoms with Gasteiger partial charge in [-0.05, 0) is 49.9 Å². The molecule has 0 unspecified atom stereocenters. The van der Waals surface area contributed by atoms with E-state index in [4.69, 9.17) is 0 Å². The lowest BCUT2D eigenvalue weighted by Gasteiger charge is -2.16. The number of carbonyl (C=O) groups excluding carboxylic acids is 1. The van der Waals surface area contributed by atoms with Crippen molar-refractivity contribution in [3.63, 3.8) is 0 Å². The zero-order chi connectivity index (χ0) is 15.5. The van der Waals surface area contributed by atoms with Gasteiger partial charge in [0.15, 0.2) is 0 Å². The molecule has 1 aliphatic heterocycles. The van der Waals surface area contributed by atoms with Crippen LogP contribution in [-0.2, 0) is 0 Å². The first-order valence-corrected chi connectivity index (χ1v) is 7.72. The lowest BCUT2D eigenvalue weighted by molar-refractivity contribution is 0.0792. The van der Waals surface area contributed by atoms with Gasteiger partial charge in [0.2, 0.25) is 0 Å². The van der Waals surface area contributed by atoms with Gasteiger partial charge in [0.05, 0.1) is 17.4 Å². The van der Waals surface area contributed by atoms with Crippen LogP contribution in [0.25, 0.3) is 0 Å². The number of likely N-dealkylation sites (tertiary alicyclic amines) is 1. The fourth-order valence-electron chi connectivity index (χ4n) is 2.75. The predicted octanol–water partition coefficient (Wildman–Crippen LogP) is 3.68. The Bertz CT molecular complexity index is 690. The molecule has 1 saturated heterocycles. The van der Waals surface area contributed by atoms with E-state index < -0.39 is 0 Å². The van der Waals surface area contributed by atoms with E-state index in [0.29, 0.717) is 5.56 Å². The fraction of sp³-hybridized carbons (Fsp3) is 0.333. The Morgan fingerprint density at radius 1 is 1.14 bits per heavy atom. The predicted molar refractivity (Wildman–Crippen MR) is 88.6 cm³/mol. The molecule has 1 aromatic carbocycles. The number of aromatic nitrogens is 1. The normalized spacial score (nSPS) is 14.2. The van der Waals surface area contributed by atoms with Gasteiger partial charge in [0.1, 0.15) is 0 Å². The fourth-order valence-corrected chi connectivity index (χ4v) is 2.75. The maximum absolute atomic E-state index is 12.4. The Labute approximate surface area is 131 Å². The van der Waals surface area contributed by atoms with Crippen LogP contribution in [0.1, 0.15) is 34.3 Å². The number of benzene rings is 1. The lowest BCUT2D eigenvalue weighted by Crippen LogP contribution is -2.27. The Morgan fingerprint density at radius 3 is 2.68 bits per heavy atom. The highest BCUT2D eigenvalue weighted by Gasteiger charge is 2.19. The molecule has 0 radical (unpaired) electrons. The van der Waals surface area contributed by atoms with E-state index in [1.165, 1.54) is 11.1 Å². The summed E-state index contributed by atoms with van der Waals surface area (Å²) in [7, 11) is 0. The van der Waals surface area contributed by atoms with E-state index in [1.807, 2.05) is 11.0 Å². The molecule has 0 spiro atoms. The van der Waals surface area contributed by atoms with Crippen molar-refractivity contribution in [3.8, 4) is 0 Å². The molecule has 1 N–H and O–H groups in total. The molecule has 3 rings (SSSR count). The number of anilines is 2. The summed E-state index contributed by atoms with van der Waals surface area (Å²) < 4.78 is 0. The Balaban J connectivity index is 1.81. The summed E-state index contributed by atoms with van der Waals surface area (Å²) in [5.41, 5.74) is 4.91. The van der Waals surface area contributed by atoms with Crippen molar-refractivity contribution < 1.29 is 4.79 Å². The van der Waals surface area contributed by atoms with Crippen molar-refractivity contribution in [3.05, 3.63) is 53.3 Å². The second-order valence-corrected chi connectivity index (χ2v) is 5.90. The summed E-state index contributed by atoms with van der Waals surface area (Å²) in [6.45, 7) is 5.84. The van der Waals surface area contributed by atoms with Crippen molar-refractivity contribution in [1.29, 1.82) is 0 Å². The minimum Gasteiger partial charge on any atom is -0.354 e. The third kappa shape index (κ3) is 3.11. The van der Waals surface area contributed by atoms with Crippen LogP contribution < -0.4 is 5.32 Å². The van der Waals surface area contributed by atoms with Crippen LogP contribution in [0, 0.1) is 13.8 Å². The minimum atomic E-state index is 0.0783. The molecular formula is C18H21N3O. The summed E-state index contributed by atoms with van der Waals surface area (Å²) in [4.78, 5) is 18.5. The highest BCUT2D eigenvalue weighted by Crippen LogP contribution is 2.22. The molecule has 1 aliphatic rings. The first-order chi connectivity index (χ1) is 10.6. The summed E-state index contributed by atoms with van der Waals surface area (Å²) in [6, 6.07) is 8.16. The quantitative estimate of drug-likeness (QED) is 0.939. The zero-order valence-electron chi connectivity index (χ0n) is 13.1. The molecule has 0 aliphatic carbocycles. The maximum Gasteiger partial charge on any atom is 0.255 e. The van der Waals surface area contributed by atoms with E-state index in [1.54, 1.807) is 12.4 Å². The monoisotopic (exact) mass is 295 g/mol. The molecule has 22 heavy (non-hydrogen) atoms. The summed E-state index contributed by atoms with van der Waals surface area (Å²) in [5.74, 6) is 0.0783. The number of nitrogens with one attached hydrogen (secondary N) is 1. The molecule has 0 atom stereocenters. The highest BCUT2D eigenvalue weighted by atomic mass is 16.2. The third-order valence-electron chi connectivity index (χ3n) is 4.05. The molecule has 114 valence electrons. The van der Waals surface area contributed by atoms with Gasteiger partial charge in [-0.2, -0.15) is 0 Å². The van der Waals surface area contributed by atoms with Crippen molar-refractivity contribution in [2.45, 2.75) is 26.7 Å². The van der Waals surface area contributed by atoms with Crippen LogP contribution in [-0.4, -0.2) is 28.9 Å². The molecule has 4 heteroatoms. The topological polar surface area (TPSA) is 45.2 Å². The Morgan fingerprint density at radius 2 is 1.91 bits per heavy atom. The Hall–Kier alpha value is -2.36. The van der Waals surface area contributed by atoms with Gasteiger partial charge in [0.25, 0.3) is 5.91 Å². The van der Waals surface area contributed by atoms with Gasteiger partial charge in [-0.15, -0.1) is 0 Å². The molecule has 1 fully saturated rings. The van der Waals surface area contributed by atoms with Gasteiger partial charge in [-0.1, -0.05) is 12.1 Å². The number of pyridine rings is 1. The number of amides is 1. The number of rotatable bonds is 3. The number of aryl methyl sites for hydroxylation is 2. The van der Waals surface area contributed by atoms with Gasteiger partial charge < -0.3 is 10.2 Å². The summed E-state index contributed by atoms with van der Waals surface area (Å²) >= 11 is 0. The first-order valence-electron chi connectivity index (χ1n) is 7.72. The number of nitrogens with zero attached hydrogens (tertiary/aromatic N) is 2.